The van der Waals surface area contributed by atoms with Crippen molar-refractivity contribution < 1.29 is 9.53 Å². The van der Waals surface area contributed by atoms with Crippen molar-refractivity contribution in [3.63, 3.8) is 0 Å². The third kappa shape index (κ3) is 5.18. The van der Waals surface area contributed by atoms with Crippen LogP contribution >= 0.6 is 0 Å². The van der Waals surface area contributed by atoms with Crippen molar-refractivity contribution in [1.29, 1.82) is 0 Å². The first-order valence-electron chi connectivity index (χ1n) is 13.5. The lowest BCUT2D eigenvalue weighted by Gasteiger charge is -2.39. The maximum Gasteiger partial charge on any atom is 0.274 e. The molecule has 1 atom stereocenters. The predicted molar refractivity (Wildman–Crippen MR) is 138 cm³/mol. The number of fused-ring (bicyclic) bond motifs is 1. The molecule has 3 aliphatic rings. The van der Waals surface area contributed by atoms with Crippen LogP contribution in [0, 0.1) is 0 Å². The van der Waals surface area contributed by atoms with E-state index >= 15 is 0 Å². The molecular weight excluding hydrogens is 438 g/mol. The van der Waals surface area contributed by atoms with Gasteiger partial charge < -0.3 is 19.9 Å². The number of nitrogens with zero attached hydrogens (tertiary/aromatic N) is 4. The van der Waals surface area contributed by atoms with Crippen molar-refractivity contribution in [3.05, 3.63) is 52.8 Å². The average Bonchev–Trinajstić information content (AvgIpc) is 3.13. The van der Waals surface area contributed by atoms with E-state index in [0.29, 0.717) is 11.7 Å². The lowest BCUT2D eigenvalue weighted by Crippen LogP contribution is -2.47. The minimum atomic E-state index is 0.115. The summed E-state index contributed by atoms with van der Waals surface area (Å²) in [5.74, 6) is 0.120. The monoisotopic (exact) mass is 479 g/mol. The molecule has 1 aromatic heterocycles. The van der Waals surface area contributed by atoms with Gasteiger partial charge in [0.1, 0.15) is 0 Å². The molecule has 1 amide bonds. The Hall–Kier alpha value is -2.22. The summed E-state index contributed by atoms with van der Waals surface area (Å²) in [7, 11) is 2.14. The van der Waals surface area contributed by atoms with Gasteiger partial charge in [-0.05, 0) is 64.6 Å². The summed E-state index contributed by atoms with van der Waals surface area (Å²) >= 11 is 0. The third-order valence-electron chi connectivity index (χ3n) is 8.42. The number of amides is 1. The van der Waals surface area contributed by atoms with Crippen LogP contribution in [0.2, 0.25) is 0 Å². The number of nitrogens with one attached hydrogen (secondary N) is 1. The van der Waals surface area contributed by atoms with E-state index in [1.54, 1.807) is 0 Å². The second kappa shape index (κ2) is 10.8. The summed E-state index contributed by atoms with van der Waals surface area (Å²) in [4.78, 5) is 17.9. The third-order valence-corrected chi connectivity index (χ3v) is 8.42. The van der Waals surface area contributed by atoms with E-state index < -0.39 is 0 Å². The van der Waals surface area contributed by atoms with E-state index in [0.717, 1.165) is 91.0 Å². The SMILES string of the molecule is CCn1nc(C(=O)N2CCCN(C)CC2)c2c1CC[C@@H](NCC1(c3ccccc3)CCOCC1)C2. The maximum absolute atomic E-state index is 13.6. The Morgan fingerprint density at radius 3 is 2.71 bits per heavy atom. The molecule has 0 saturated carbocycles. The first-order chi connectivity index (χ1) is 17.1. The molecule has 35 heavy (non-hydrogen) atoms. The van der Waals surface area contributed by atoms with Gasteiger partial charge in [-0.3, -0.25) is 9.48 Å². The van der Waals surface area contributed by atoms with Gasteiger partial charge in [0.2, 0.25) is 0 Å². The van der Waals surface area contributed by atoms with Gasteiger partial charge in [0.15, 0.2) is 5.69 Å². The van der Waals surface area contributed by atoms with Crippen molar-refractivity contribution in [3.8, 4) is 0 Å². The van der Waals surface area contributed by atoms with Crippen LogP contribution in [0.25, 0.3) is 0 Å². The standard InChI is InChI=1S/C28H41N5O2/c1-3-33-25-11-10-23(29-21-28(12-18-35-19-13-28)22-8-5-4-6-9-22)20-24(25)26(30-33)27(34)32-15-7-14-31(2)16-17-32/h4-6,8-9,23,29H,3,7,10-21H2,1-2H3/t23-/m1/s1. The number of rotatable bonds is 6. The van der Waals surface area contributed by atoms with E-state index in [1.807, 2.05) is 4.90 Å². The number of aryl methyl sites for hydroxylation is 1. The molecule has 0 bridgehead atoms. The highest BCUT2D eigenvalue weighted by atomic mass is 16.5. The highest BCUT2D eigenvalue weighted by molar-refractivity contribution is 5.94. The number of carbonyl (C=O) groups is 1. The summed E-state index contributed by atoms with van der Waals surface area (Å²) in [5, 5.41) is 8.78. The zero-order valence-electron chi connectivity index (χ0n) is 21.5. The molecule has 5 rings (SSSR count). The van der Waals surface area contributed by atoms with E-state index in [1.165, 1.54) is 16.8 Å². The molecule has 2 fully saturated rings. The molecule has 190 valence electrons. The van der Waals surface area contributed by atoms with Crippen LogP contribution in [0.15, 0.2) is 30.3 Å². The van der Waals surface area contributed by atoms with E-state index in [9.17, 15) is 4.79 Å². The Morgan fingerprint density at radius 2 is 1.94 bits per heavy atom. The van der Waals surface area contributed by atoms with Crippen molar-refractivity contribution in [2.75, 3.05) is 53.0 Å². The van der Waals surface area contributed by atoms with Crippen molar-refractivity contribution >= 4 is 5.91 Å². The number of carbonyl (C=O) groups excluding carboxylic acids is 1. The second-order valence-electron chi connectivity index (χ2n) is 10.6. The van der Waals surface area contributed by atoms with E-state index in [4.69, 9.17) is 9.84 Å². The van der Waals surface area contributed by atoms with Gasteiger partial charge in [-0.2, -0.15) is 5.10 Å². The van der Waals surface area contributed by atoms with Gasteiger partial charge in [0, 0.05) is 68.7 Å². The Balaban J connectivity index is 1.32. The van der Waals surface area contributed by atoms with Crippen LogP contribution < -0.4 is 5.32 Å². The van der Waals surface area contributed by atoms with Gasteiger partial charge in [0.25, 0.3) is 5.91 Å². The highest BCUT2D eigenvalue weighted by Crippen LogP contribution is 2.35. The topological polar surface area (TPSA) is 62.6 Å². The minimum absolute atomic E-state index is 0.115. The quantitative estimate of drug-likeness (QED) is 0.690. The van der Waals surface area contributed by atoms with Crippen LogP contribution in [0.5, 0.6) is 0 Å². The van der Waals surface area contributed by atoms with Gasteiger partial charge >= 0.3 is 0 Å². The highest BCUT2D eigenvalue weighted by Gasteiger charge is 2.36. The molecule has 7 heteroatoms. The lowest BCUT2D eigenvalue weighted by molar-refractivity contribution is 0.0486. The molecule has 1 aromatic carbocycles. The molecule has 0 spiro atoms. The molecule has 7 nitrogen and oxygen atoms in total. The summed E-state index contributed by atoms with van der Waals surface area (Å²) < 4.78 is 7.81. The Kier molecular flexibility index (Phi) is 7.56. The maximum atomic E-state index is 13.6. The van der Waals surface area contributed by atoms with Crippen molar-refractivity contribution in [1.82, 2.24) is 24.9 Å². The fraction of sp³-hybridized carbons (Fsp3) is 0.643. The first-order valence-corrected chi connectivity index (χ1v) is 13.5. The van der Waals surface area contributed by atoms with Crippen LogP contribution in [0.1, 0.15) is 59.9 Å². The Labute approximate surface area is 209 Å². The number of hydrogen-bond acceptors (Lipinski definition) is 5. The fourth-order valence-electron chi connectivity index (χ4n) is 6.16. The number of benzene rings is 1. The van der Waals surface area contributed by atoms with Gasteiger partial charge in [0.05, 0.1) is 0 Å². The molecule has 2 aromatic rings. The van der Waals surface area contributed by atoms with E-state index in [-0.39, 0.29) is 11.3 Å². The molecular formula is C28H41N5O2. The van der Waals surface area contributed by atoms with Gasteiger partial charge in [-0.15, -0.1) is 0 Å². The fourth-order valence-corrected chi connectivity index (χ4v) is 6.16. The van der Waals surface area contributed by atoms with Crippen molar-refractivity contribution in [2.45, 2.75) is 63.5 Å². The second-order valence-corrected chi connectivity index (χ2v) is 10.6. The van der Waals surface area contributed by atoms with Crippen molar-refractivity contribution in [2.24, 2.45) is 0 Å². The molecule has 1 aliphatic carbocycles. The molecule has 2 aliphatic heterocycles. The first kappa shape index (κ1) is 24.5. The minimum Gasteiger partial charge on any atom is -0.381 e. The zero-order valence-corrected chi connectivity index (χ0v) is 21.5. The van der Waals surface area contributed by atoms with E-state index in [2.05, 4.69) is 59.2 Å². The summed E-state index contributed by atoms with van der Waals surface area (Å²) in [6, 6.07) is 11.3. The Bertz CT molecular complexity index is 998. The molecule has 2 saturated heterocycles. The zero-order chi connectivity index (χ0) is 24.3. The molecule has 0 unspecified atom stereocenters. The molecule has 3 heterocycles. The van der Waals surface area contributed by atoms with Crippen LogP contribution in [0.4, 0.5) is 0 Å². The molecule has 1 N–H and O–H groups in total. The van der Waals surface area contributed by atoms with Crippen LogP contribution in [-0.4, -0.2) is 84.5 Å². The number of ether oxygens (including phenoxy) is 1. The number of hydrogen-bond donors (Lipinski definition) is 1. The summed E-state index contributed by atoms with van der Waals surface area (Å²) in [6.45, 7) is 9.10. The molecule has 0 radical (unpaired) electrons. The van der Waals surface area contributed by atoms with Crippen LogP contribution in [-0.2, 0) is 29.5 Å². The largest absolute Gasteiger partial charge is 0.381 e. The lowest BCUT2D eigenvalue weighted by atomic mass is 9.73. The Morgan fingerprint density at radius 1 is 1.14 bits per heavy atom. The average molecular weight is 480 g/mol. The number of aromatic nitrogens is 2. The van der Waals surface area contributed by atoms with Gasteiger partial charge in [-0.25, -0.2) is 0 Å². The normalized spacial score (nSPS) is 23.0. The number of likely N-dealkylation sites (N-methyl/N-ethyl adjacent to an activating group) is 1. The van der Waals surface area contributed by atoms with Gasteiger partial charge in [-0.1, -0.05) is 30.3 Å². The smallest absolute Gasteiger partial charge is 0.274 e. The predicted octanol–water partition coefficient (Wildman–Crippen LogP) is 2.88. The summed E-state index contributed by atoms with van der Waals surface area (Å²) in [6.07, 6.45) is 6.05. The summed E-state index contributed by atoms with van der Waals surface area (Å²) in [5.41, 5.74) is 4.67. The van der Waals surface area contributed by atoms with Crippen LogP contribution in [0.3, 0.4) is 0 Å².